The zero-order valence-electron chi connectivity index (χ0n) is 15.5. The number of benzene rings is 2. The minimum Gasteiger partial charge on any atom is -0.496 e. The topological polar surface area (TPSA) is 47.1 Å². The molecule has 29 heavy (non-hydrogen) atoms. The minimum absolute atomic E-state index is 0.142. The summed E-state index contributed by atoms with van der Waals surface area (Å²) in [5.74, 6) is 0.318. The average Bonchev–Trinajstić information content (AvgIpc) is 3.12. The molecule has 2 aromatic heterocycles. The highest BCUT2D eigenvalue weighted by atomic mass is 79.9. The molecule has 1 N–H and O–H groups in total. The van der Waals surface area contributed by atoms with Gasteiger partial charge in [0.25, 0.3) is 0 Å². The lowest BCUT2D eigenvalue weighted by atomic mass is 10.0. The van der Waals surface area contributed by atoms with Gasteiger partial charge in [0.15, 0.2) is 11.6 Å². The van der Waals surface area contributed by atoms with Gasteiger partial charge in [0.05, 0.1) is 7.11 Å². The van der Waals surface area contributed by atoms with Crippen molar-refractivity contribution in [1.29, 1.82) is 0 Å². The molecule has 7 heteroatoms. The zero-order valence-corrected chi connectivity index (χ0v) is 17.8. The molecule has 2 heterocycles. The van der Waals surface area contributed by atoms with E-state index in [0.29, 0.717) is 17.2 Å². The summed E-state index contributed by atoms with van der Waals surface area (Å²) in [5.41, 5.74) is 3.87. The van der Waals surface area contributed by atoms with Gasteiger partial charge in [-0.25, -0.2) is 9.37 Å². The number of pyridine rings is 1. The number of fused-ring (bicyclic) bond motifs is 1. The number of H-pyrrole nitrogens is 1. The van der Waals surface area contributed by atoms with E-state index >= 15 is 0 Å². The minimum atomic E-state index is -0.500. The largest absolute Gasteiger partial charge is 0.496 e. The van der Waals surface area contributed by atoms with E-state index in [0.717, 1.165) is 32.2 Å². The summed E-state index contributed by atoms with van der Waals surface area (Å²) in [6.45, 7) is 0.164. The molecule has 0 unspecified atom stereocenters. The predicted molar refractivity (Wildman–Crippen MR) is 115 cm³/mol. The Hall–Kier alpha value is -2.57. The fourth-order valence-corrected chi connectivity index (χ4v) is 3.88. The Balaban J connectivity index is 1.58. The van der Waals surface area contributed by atoms with E-state index < -0.39 is 5.82 Å². The summed E-state index contributed by atoms with van der Waals surface area (Å²) >= 11 is 9.43. The number of hydrogen-bond acceptors (Lipinski definition) is 3. The van der Waals surface area contributed by atoms with Crippen molar-refractivity contribution in [2.75, 3.05) is 7.11 Å². The number of rotatable bonds is 6. The van der Waals surface area contributed by atoms with Gasteiger partial charge in [-0.1, -0.05) is 27.5 Å². The number of aromatic nitrogens is 2. The van der Waals surface area contributed by atoms with Gasteiger partial charge in [-0.3, -0.25) is 0 Å². The monoisotopic (exact) mass is 474 g/mol. The Morgan fingerprint density at radius 1 is 1.10 bits per heavy atom. The molecule has 0 fully saturated rings. The summed E-state index contributed by atoms with van der Waals surface area (Å²) in [6.07, 6.45) is 4.44. The first kappa shape index (κ1) is 19.7. The molecule has 0 saturated heterocycles. The zero-order chi connectivity index (χ0) is 20.4. The maximum atomic E-state index is 14.0. The van der Waals surface area contributed by atoms with Crippen molar-refractivity contribution in [2.45, 2.75) is 13.0 Å². The van der Waals surface area contributed by atoms with Gasteiger partial charge in [0.2, 0.25) is 0 Å². The fraction of sp³-hybridized carbons (Fsp3) is 0.136. The molecule has 0 spiro atoms. The van der Waals surface area contributed by atoms with E-state index in [9.17, 15) is 4.39 Å². The van der Waals surface area contributed by atoms with E-state index in [4.69, 9.17) is 21.1 Å². The van der Waals surface area contributed by atoms with Crippen LogP contribution in [0.2, 0.25) is 5.02 Å². The van der Waals surface area contributed by atoms with Gasteiger partial charge in [-0.2, -0.15) is 0 Å². The van der Waals surface area contributed by atoms with Crippen LogP contribution in [0.5, 0.6) is 11.5 Å². The molecule has 0 radical (unpaired) electrons. The first-order valence-corrected chi connectivity index (χ1v) is 10.1. The number of nitrogens with one attached hydrogen (secondary N) is 1. The molecular formula is C22H17BrClFN2O2. The van der Waals surface area contributed by atoms with Crippen LogP contribution in [0.1, 0.15) is 16.7 Å². The first-order chi connectivity index (χ1) is 14.0. The third-order valence-corrected chi connectivity index (χ3v) is 5.62. The second-order valence-electron chi connectivity index (χ2n) is 6.51. The number of halogens is 3. The van der Waals surface area contributed by atoms with Gasteiger partial charge >= 0.3 is 0 Å². The number of aromatic amines is 1. The fourth-order valence-electron chi connectivity index (χ4n) is 3.19. The van der Waals surface area contributed by atoms with Crippen molar-refractivity contribution >= 4 is 38.6 Å². The Bertz CT molecular complexity index is 1180. The lowest BCUT2D eigenvalue weighted by Gasteiger charge is -2.14. The first-order valence-electron chi connectivity index (χ1n) is 8.89. The highest BCUT2D eigenvalue weighted by molar-refractivity contribution is 9.10. The third-order valence-electron chi connectivity index (χ3n) is 4.64. The standard InChI is InChI=1S/C22H17BrClFN2O2/c1-28-21-9-13(7-14-11-27-22-17(14)3-2-6-26-22)18(23)8-15(21)12-29-20-5-4-16(24)10-19(20)25/h2-6,8-11H,7,12H2,1H3,(H,26,27). The smallest absolute Gasteiger partial charge is 0.166 e. The summed E-state index contributed by atoms with van der Waals surface area (Å²) in [5, 5.41) is 1.41. The van der Waals surface area contributed by atoms with E-state index in [-0.39, 0.29) is 12.4 Å². The normalized spacial score (nSPS) is 11.0. The van der Waals surface area contributed by atoms with E-state index in [2.05, 4.69) is 25.9 Å². The molecule has 0 aliphatic carbocycles. The average molecular weight is 476 g/mol. The Morgan fingerprint density at radius 3 is 2.76 bits per heavy atom. The van der Waals surface area contributed by atoms with Crippen LogP contribution >= 0.6 is 27.5 Å². The molecule has 0 saturated carbocycles. The highest BCUT2D eigenvalue weighted by Gasteiger charge is 2.14. The molecule has 4 nitrogen and oxygen atoms in total. The molecule has 4 rings (SSSR count). The molecule has 0 bridgehead atoms. The van der Waals surface area contributed by atoms with E-state index in [1.54, 1.807) is 19.4 Å². The van der Waals surface area contributed by atoms with Crippen LogP contribution in [0.25, 0.3) is 11.0 Å². The second kappa shape index (κ2) is 8.43. The molecule has 0 aliphatic rings. The van der Waals surface area contributed by atoms with Crippen molar-refractivity contribution in [2.24, 2.45) is 0 Å². The van der Waals surface area contributed by atoms with E-state index in [1.165, 1.54) is 12.1 Å². The van der Waals surface area contributed by atoms with Crippen molar-refractivity contribution in [3.63, 3.8) is 0 Å². The van der Waals surface area contributed by atoms with Crippen molar-refractivity contribution in [3.05, 3.63) is 86.9 Å². The number of methoxy groups -OCH3 is 1. The van der Waals surface area contributed by atoms with Crippen LogP contribution in [-0.4, -0.2) is 17.1 Å². The van der Waals surface area contributed by atoms with Crippen LogP contribution in [0.4, 0.5) is 4.39 Å². The summed E-state index contributed by atoms with van der Waals surface area (Å²) in [6, 6.07) is 12.2. The van der Waals surface area contributed by atoms with Crippen LogP contribution in [0.15, 0.2) is 59.3 Å². The van der Waals surface area contributed by atoms with Gasteiger partial charge < -0.3 is 14.5 Å². The lowest BCUT2D eigenvalue weighted by molar-refractivity contribution is 0.282. The number of nitrogens with zero attached hydrogens (tertiary/aromatic N) is 1. The molecule has 2 aromatic carbocycles. The molecule has 0 amide bonds. The van der Waals surface area contributed by atoms with Gasteiger partial charge in [0.1, 0.15) is 18.0 Å². The van der Waals surface area contributed by atoms with Gasteiger partial charge in [-0.05, 0) is 53.6 Å². The van der Waals surface area contributed by atoms with Crippen LogP contribution in [0, 0.1) is 5.82 Å². The lowest BCUT2D eigenvalue weighted by Crippen LogP contribution is -2.02. The van der Waals surface area contributed by atoms with Crippen molar-refractivity contribution < 1.29 is 13.9 Å². The van der Waals surface area contributed by atoms with E-state index in [1.807, 2.05) is 30.5 Å². The Labute approximate surface area is 180 Å². The quantitative estimate of drug-likeness (QED) is 0.356. The number of ether oxygens (including phenoxy) is 2. The van der Waals surface area contributed by atoms with Crippen LogP contribution in [0.3, 0.4) is 0 Å². The van der Waals surface area contributed by atoms with Crippen LogP contribution in [-0.2, 0) is 13.0 Å². The van der Waals surface area contributed by atoms with Gasteiger partial charge in [-0.15, -0.1) is 0 Å². The second-order valence-corrected chi connectivity index (χ2v) is 7.80. The Morgan fingerprint density at radius 2 is 1.97 bits per heavy atom. The molecular weight excluding hydrogens is 459 g/mol. The highest BCUT2D eigenvalue weighted by Crippen LogP contribution is 2.32. The number of hydrogen-bond donors (Lipinski definition) is 1. The molecule has 0 atom stereocenters. The third kappa shape index (κ3) is 4.23. The van der Waals surface area contributed by atoms with Crippen molar-refractivity contribution in [1.82, 2.24) is 9.97 Å². The van der Waals surface area contributed by atoms with Crippen LogP contribution < -0.4 is 9.47 Å². The summed E-state index contributed by atoms with van der Waals surface area (Å²) in [7, 11) is 1.61. The molecule has 148 valence electrons. The maximum absolute atomic E-state index is 14.0. The van der Waals surface area contributed by atoms with Gasteiger partial charge in [0, 0.05) is 39.3 Å². The SMILES string of the molecule is COc1cc(Cc2c[nH]c3ncccc23)c(Br)cc1COc1ccc(Cl)cc1F. The molecule has 0 aliphatic heterocycles. The Kier molecular flexibility index (Phi) is 5.74. The predicted octanol–water partition coefficient (Wildman–Crippen LogP) is 6.30. The summed E-state index contributed by atoms with van der Waals surface area (Å²) in [4.78, 5) is 7.52. The maximum Gasteiger partial charge on any atom is 0.166 e. The van der Waals surface area contributed by atoms with Crippen molar-refractivity contribution in [3.8, 4) is 11.5 Å². The summed E-state index contributed by atoms with van der Waals surface area (Å²) < 4.78 is 26.1. The molecule has 4 aromatic rings.